The van der Waals surface area contributed by atoms with Gasteiger partial charge in [0, 0.05) is 22.4 Å². The lowest BCUT2D eigenvalue weighted by Gasteiger charge is -2.09. The molecule has 0 aliphatic carbocycles. The molecule has 166 valence electrons. The number of rotatable bonds is 4. The maximum atomic E-state index is 13.4. The van der Waals surface area contributed by atoms with Crippen LogP contribution in [0.2, 0.25) is 10.0 Å². The summed E-state index contributed by atoms with van der Waals surface area (Å²) < 4.78 is 65.3. The molecule has 0 aliphatic heterocycles. The molecule has 4 rings (SSSR count). The van der Waals surface area contributed by atoms with Gasteiger partial charge in [-0.3, -0.25) is 4.57 Å². The van der Waals surface area contributed by atoms with Crippen LogP contribution in [0.15, 0.2) is 65.7 Å². The highest BCUT2D eigenvalue weighted by atomic mass is 35.5. The number of thiophene rings is 1. The highest BCUT2D eigenvalue weighted by Gasteiger charge is 2.35. The number of hydrogen-bond donors (Lipinski definition) is 0. The summed E-state index contributed by atoms with van der Waals surface area (Å²) in [7, 11) is -3.41. The van der Waals surface area contributed by atoms with Crippen molar-refractivity contribution < 1.29 is 21.6 Å². The summed E-state index contributed by atoms with van der Waals surface area (Å²) in [6, 6.07) is 14.2. The van der Waals surface area contributed by atoms with Gasteiger partial charge in [-0.15, -0.1) is 11.3 Å². The van der Waals surface area contributed by atoms with Crippen LogP contribution in [0.1, 0.15) is 5.69 Å². The third-order valence-corrected chi connectivity index (χ3v) is 7.33. The zero-order chi connectivity index (χ0) is 23.3. The van der Waals surface area contributed by atoms with Crippen molar-refractivity contribution in [3.63, 3.8) is 0 Å². The van der Waals surface area contributed by atoms with Crippen LogP contribution in [0.5, 0.6) is 0 Å². The first-order chi connectivity index (χ1) is 14.9. The standard InChI is InChI=1S/C21H13Cl2F3N2O2S2/c1-32(29,30)14-4-2-3-12(9-14)17-7-8-18(31-17)20-27-19(21(24,25)26)11-28(20)16-10-13(22)5-6-15(16)23/h2-11H,1H3. The van der Waals surface area contributed by atoms with Crippen molar-refractivity contribution in [1.29, 1.82) is 0 Å². The molecule has 0 spiro atoms. The summed E-state index contributed by atoms with van der Waals surface area (Å²) in [5, 5.41) is 0.515. The van der Waals surface area contributed by atoms with Gasteiger partial charge in [-0.05, 0) is 48.0 Å². The second-order valence-electron chi connectivity index (χ2n) is 6.88. The van der Waals surface area contributed by atoms with Crippen LogP contribution in [0.25, 0.3) is 26.8 Å². The monoisotopic (exact) mass is 516 g/mol. The molecular weight excluding hydrogens is 504 g/mol. The summed E-state index contributed by atoms with van der Waals surface area (Å²) in [6.45, 7) is 0. The molecule has 2 aromatic heterocycles. The fourth-order valence-electron chi connectivity index (χ4n) is 3.04. The largest absolute Gasteiger partial charge is 0.434 e. The molecule has 0 saturated heterocycles. The fourth-order valence-corrected chi connectivity index (χ4v) is 5.07. The van der Waals surface area contributed by atoms with Crippen LogP contribution in [0.3, 0.4) is 0 Å². The molecule has 0 bridgehead atoms. The second kappa shape index (κ2) is 8.22. The van der Waals surface area contributed by atoms with Crippen molar-refractivity contribution in [1.82, 2.24) is 9.55 Å². The Labute approximate surface area is 195 Å². The van der Waals surface area contributed by atoms with E-state index in [-0.39, 0.29) is 21.4 Å². The molecule has 0 fully saturated rings. The minimum Gasteiger partial charge on any atom is -0.297 e. The van der Waals surface area contributed by atoms with E-state index in [1.807, 2.05) is 0 Å². The Bertz CT molecular complexity index is 1430. The lowest BCUT2D eigenvalue weighted by Crippen LogP contribution is -2.05. The fraction of sp³-hybridized carbons (Fsp3) is 0.0952. The number of alkyl halides is 3. The number of sulfone groups is 1. The van der Waals surface area contributed by atoms with Crippen LogP contribution in [-0.4, -0.2) is 24.2 Å². The minimum absolute atomic E-state index is 0.0389. The van der Waals surface area contributed by atoms with Crippen molar-refractivity contribution in [2.45, 2.75) is 11.1 Å². The predicted molar refractivity (Wildman–Crippen MR) is 120 cm³/mol. The van der Waals surface area contributed by atoms with E-state index >= 15 is 0 Å². The van der Waals surface area contributed by atoms with Crippen molar-refractivity contribution >= 4 is 44.4 Å². The molecule has 2 heterocycles. The Hall–Kier alpha value is -2.33. The molecule has 0 aliphatic rings. The molecule has 2 aromatic carbocycles. The first kappa shape index (κ1) is 22.8. The molecule has 0 N–H and O–H groups in total. The van der Waals surface area contributed by atoms with Gasteiger partial charge >= 0.3 is 6.18 Å². The molecule has 11 heteroatoms. The predicted octanol–water partition coefficient (Wildman–Crippen LogP) is 7.00. The normalized spacial score (nSPS) is 12.3. The quantitative estimate of drug-likeness (QED) is 0.293. The zero-order valence-electron chi connectivity index (χ0n) is 16.2. The summed E-state index contributed by atoms with van der Waals surface area (Å²) in [5.74, 6) is 0.0389. The molecule has 4 aromatic rings. The maximum absolute atomic E-state index is 13.4. The van der Waals surface area contributed by atoms with Crippen LogP contribution >= 0.6 is 34.5 Å². The Morgan fingerprint density at radius 2 is 1.72 bits per heavy atom. The molecule has 4 nitrogen and oxygen atoms in total. The van der Waals surface area contributed by atoms with Gasteiger partial charge in [-0.1, -0.05) is 35.3 Å². The van der Waals surface area contributed by atoms with E-state index in [9.17, 15) is 21.6 Å². The molecule has 0 saturated carbocycles. The van der Waals surface area contributed by atoms with Gasteiger partial charge in [0.1, 0.15) is 0 Å². The van der Waals surface area contributed by atoms with Gasteiger partial charge < -0.3 is 0 Å². The first-order valence-electron chi connectivity index (χ1n) is 8.96. The van der Waals surface area contributed by atoms with Gasteiger partial charge in [-0.25, -0.2) is 13.4 Å². The van der Waals surface area contributed by atoms with Crippen LogP contribution in [0, 0.1) is 0 Å². The van der Waals surface area contributed by atoms with Gasteiger partial charge in [0.2, 0.25) is 0 Å². The van der Waals surface area contributed by atoms with E-state index in [1.165, 1.54) is 46.2 Å². The number of halogens is 5. The smallest absolute Gasteiger partial charge is 0.297 e. The molecule has 32 heavy (non-hydrogen) atoms. The number of benzene rings is 2. The van der Waals surface area contributed by atoms with Crippen molar-refractivity contribution in [3.05, 3.63) is 76.5 Å². The van der Waals surface area contributed by atoms with E-state index in [0.717, 1.165) is 12.5 Å². The molecule has 0 radical (unpaired) electrons. The maximum Gasteiger partial charge on any atom is 0.434 e. The average molecular weight is 517 g/mol. The number of imidazole rings is 1. The van der Waals surface area contributed by atoms with E-state index in [1.54, 1.807) is 24.3 Å². The van der Waals surface area contributed by atoms with E-state index in [4.69, 9.17) is 23.2 Å². The van der Waals surface area contributed by atoms with Gasteiger partial charge in [0.25, 0.3) is 0 Å². The Morgan fingerprint density at radius 1 is 1.00 bits per heavy atom. The minimum atomic E-state index is -4.66. The van der Waals surface area contributed by atoms with Crippen LogP contribution < -0.4 is 0 Å². The third kappa shape index (κ3) is 4.56. The number of aromatic nitrogens is 2. The SMILES string of the molecule is CS(=O)(=O)c1cccc(-c2ccc(-c3nc(C(F)(F)F)cn3-c3cc(Cl)ccc3Cl)s2)c1. The van der Waals surface area contributed by atoms with Crippen molar-refractivity contribution in [2.75, 3.05) is 6.26 Å². The molecular formula is C21H13Cl2F3N2O2S2. The van der Waals surface area contributed by atoms with E-state index in [2.05, 4.69) is 4.98 Å². The summed E-state index contributed by atoms with van der Waals surface area (Å²) in [6.07, 6.45) is -2.68. The average Bonchev–Trinajstić information content (AvgIpc) is 3.36. The highest BCUT2D eigenvalue weighted by molar-refractivity contribution is 7.90. The third-order valence-electron chi connectivity index (χ3n) is 4.54. The second-order valence-corrected chi connectivity index (χ2v) is 10.8. The Kier molecular flexibility index (Phi) is 5.87. The van der Waals surface area contributed by atoms with Crippen molar-refractivity contribution in [3.8, 4) is 26.8 Å². The lowest BCUT2D eigenvalue weighted by molar-refractivity contribution is -0.140. The van der Waals surface area contributed by atoms with Gasteiger partial charge in [-0.2, -0.15) is 13.2 Å². The highest BCUT2D eigenvalue weighted by Crippen LogP contribution is 2.39. The first-order valence-corrected chi connectivity index (χ1v) is 12.4. The topological polar surface area (TPSA) is 52.0 Å². The molecule has 0 unspecified atom stereocenters. The van der Waals surface area contributed by atoms with Gasteiger partial charge in [0.15, 0.2) is 21.4 Å². The Balaban J connectivity index is 1.86. The molecule has 0 atom stereocenters. The van der Waals surface area contributed by atoms with Crippen LogP contribution in [0.4, 0.5) is 13.2 Å². The Morgan fingerprint density at radius 3 is 2.41 bits per heavy atom. The zero-order valence-corrected chi connectivity index (χ0v) is 19.3. The van der Waals surface area contributed by atoms with Crippen molar-refractivity contribution in [2.24, 2.45) is 0 Å². The summed E-state index contributed by atoms with van der Waals surface area (Å²) in [5.41, 5.74) is -0.192. The van der Waals surface area contributed by atoms with Gasteiger partial charge in [0.05, 0.1) is 20.5 Å². The molecule has 0 amide bonds. The summed E-state index contributed by atoms with van der Waals surface area (Å²) in [4.78, 5) is 5.08. The lowest BCUT2D eigenvalue weighted by atomic mass is 10.2. The summed E-state index contributed by atoms with van der Waals surface area (Å²) >= 11 is 13.4. The number of hydrogen-bond acceptors (Lipinski definition) is 4. The van der Waals surface area contributed by atoms with E-state index < -0.39 is 21.7 Å². The van der Waals surface area contributed by atoms with E-state index in [0.29, 0.717) is 20.3 Å². The number of nitrogens with zero attached hydrogens (tertiary/aromatic N) is 2. The van der Waals surface area contributed by atoms with Crippen LogP contribution in [-0.2, 0) is 16.0 Å².